The quantitative estimate of drug-likeness (QED) is 0.0353. The van der Waals surface area contributed by atoms with Crippen LogP contribution in [-0.4, -0.2) is 91.9 Å². The number of alkyl halides is 2. The Bertz CT molecular complexity index is 4400. The third-order valence-corrected chi connectivity index (χ3v) is 17.2. The zero-order chi connectivity index (χ0) is 71.6. The van der Waals surface area contributed by atoms with Crippen LogP contribution in [0.3, 0.4) is 0 Å². The van der Waals surface area contributed by atoms with Gasteiger partial charge in [0.2, 0.25) is 5.92 Å². The second kappa shape index (κ2) is 31.3. The molecule has 3 aromatic heterocycles. The Morgan fingerprint density at radius 3 is 1.17 bits per heavy atom. The summed E-state index contributed by atoms with van der Waals surface area (Å²) in [5, 5.41) is 25.7. The maximum absolute atomic E-state index is 13.6. The molecule has 0 radical (unpaired) electrons. The van der Waals surface area contributed by atoms with E-state index >= 15 is 0 Å². The van der Waals surface area contributed by atoms with Crippen LogP contribution in [-0.2, 0) is 19.6 Å². The Morgan fingerprint density at radius 1 is 0.510 bits per heavy atom. The normalized spacial score (nSPS) is 12.6. The van der Waals surface area contributed by atoms with Crippen LogP contribution in [0.25, 0.3) is 17.1 Å². The van der Waals surface area contributed by atoms with Gasteiger partial charge in [0.25, 0.3) is 35.4 Å². The number of nitrogens with two attached hydrogens (primary N) is 4. The number of aryl methyl sites for hydroxylation is 6. The van der Waals surface area contributed by atoms with Crippen molar-refractivity contribution in [3.63, 3.8) is 0 Å². The number of amides is 6. The number of nitrogens with zero attached hydrogens (tertiary/aromatic N) is 7. The first kappa shape index (κ1) is 72.9. The van der Waals surface area contributed by atoms with Crippen molar-refractivity contribution in [2.45, 2.75) is 138 Å². The molecule has 6 amide bonds. The number of aromatic nitrogens is 6. The number of nitrogens with one attached hydrogen (secondary N) is 4. The minimum atomic E-state index is -2.68. The Balaban J connectivity index is 0.000000188. The number of halogens is 2. The van der Waals surface area contributed by atoms with E-state index in [1.807, 2.05) is 203 Å². The predicted molar refractivity (Wildman–Crippen MR) is 380 cm³/mol. The highest BCUT2D eigenvalue weighted by Crippen LogP contribution is 2.43. The molecule has 98 heavy (non-hydrogen) atoms. The fourth-order valence-corrected chi connectivity index (χ4v) is 11.7. The van der Waals surface area contributed by atoms with Crippen molar-refractivity contribution >= 4 is 52.5 Å². The van der Waals surface area contributed by atoms with Gasteiger partial charge in [0.05, 0.1) is 51.2 Å². The fourth-order valence-electron chi connectivity index (χ4n) is 11.7. The Kier molecular flexibility index (Phi) is 23.2. The van der Waals surface area contributed by atoms with Crippen molar-refractivity contribution in [2.24, 2.45) is 17.2 Å². The summed E-state index contributed by atoms with van der Waals surface area (Å²) in [4.78, 5) is 76.2. The van der Waals surface area contributed by atoms with Crippen LogP contribution in [0.2, 0.25) is 0 Å². The molecule has 10 rings (SSSR count). The van der Waals surface area contributed by atoms with Gasteiger partial charge in [-0.3, -0.25) is 28.8 Å². The van der Waals surface area contributed by atoms with E-state index in [1.165, 1.54) is 4.68 Å². The molecule has 1 aliphatic rings. The third kappa shape index (κ3) is 17.2. The molecule has 9 aromatic rings. The monoisotopic (exact) mass is 1330 g/mol. The summed E-state index contributed by atoms with van der Waals surface area (Å²) in [5.74, 6) is -4.86. The van der Waals surface area contributed by atoms with E-state index in [4.69, 9.17) is 22.9 Å². The number of rotatable bonds is 20. The third-order valence-electron chi connectivity index (χ3n) is 17.2. The van der Waals surface area contributed by atoms with Gasteiger partial charge in [-0.25, -0.2) is 22.8 Å². The molecule has 514 valence electrons. The molecule has 0 saturated heterocycles. The van der Waals surface area contributed by atoms with Gasteiger partial charge in [0.1, 0.15) is 0 Å². The highest BCUT2D eigenvalue weighted by Gasteiger charge is 2.38. The summed E-state index contributed by atoms with van der Waals surface area (Å²) in [6.45, 7) is 20.8. The van der Waals surface area contributed by atoms with E-state index in [9.17, 15) is 37.5 Å². The van der Waals surface area contributed by atoms with Gasteiger partial charge >= 0.3 is 0 Å². The van der Waals surface area contributed by atoms with Crippen molar-refractivity contribution in [3.05, 3.63) is 228 Å². The SMILES string of the molecule is CNc1c(C(C)C)nn(-c2ccc(CNC(=O)c3cc(C)ccc3C)cc2)c1C(N)=O.Cc1ccc(C)c(C(=O)NCc2ccc(-n3nc(C(C)C)c(N(C)C)c3C(N)=O)cc2)c1.Cc1ccc(C)c(C(=O)NCc2ccc(-n3nc(C4CCC(F)(F)CC4)c(N)c3C(N)=O)cc2)c1. The molecule has 21 nitrogen and oxygen atoms in total. The molecule has 0 bridgehead atoms. The van der Waals surface area contributed by atoms with Gasteiger partial charge in [-0.2, -0.15) is 15.3 Å². The van der Waals surface area contributed by atoms with Gasteiger partial charge in [-0.1, -0.05) is 117 Å². The Hall–Kier alpha value is -11.0. The van der Waals surface area contributed by atoms with Crippen LogP contribution in [0.1, 0.15) is 201 Å². The lowest BCUT2D eigenvalue weighted by Gasteiger charge is -2.27. The smallest absolute Gasteiger partial charge is 0.269 e. The minimum absolute atomic E-state index is 0.0355. The van der Waals surface area contributed by atoms with E-state index in [0.717, 1.165) is 78.5 Å². The van der Waals surface area contributed by atoms with Gasteiger partial charge < -0.3 is 49.1 Å². The lowest BCUT2D eigenvalue weighted by Crippen LogP contribution is -2.24. The first-order valence-electron chi connectivity index (χ1n) is 32.5. The van der Waals surface area contributed by atoms with Crippen LogP contribution >= 0.6 is 0 Å². The molecule has 6 aromatic carbocycles. The molecule has 23 heteroatoms. The first-order chi connectivity index (χ1) is 46.4. The fraction of sp³-hybridized carbons (Fsp3) is 0.320. The number of hydrogen-bond donors (Lipinski definition) is 8. The van der Waals surface area contributed by atoms with Crippen LogP contribution in [0.4, 0.5) is 25.8 Å². The van der Waals surface area contributed by atoms with Crippen LogP contribution in [0.5, 0.6) is 0 Å². The molecule has 1 aliphatic carbocycles. The summed E-state index contributed by atoms with van der Waals surface area (Å²) in [5.41, 5.74) is 40.0. The zero-order valence-corrected chi connectivity index (χ0v) is 58.0. The van der Waals surface area contributed by atoms with E-state index in [-0.39, 0.29) is 72.5 Å². The largest absolute Gasteiger partial charge is 0.395 e. The second-order valence-electron chi connectivity index (χ2n) is 25.8. The number of benzene rings is 6. The van der Waals surface area contributed by atoms with Gasteiger partial charge in [-0.05, 0) is 154 Å². The maximum atomic E-state index is 13.6. The Morgan fingerprint density at radius 2 is 0.847 bits per heavy atom. The number of anilines is 3. The molecule has 0 spiro atoms. The number of carbonyl (C=O) groups excluding carboxylic acids is 6. The number of hydrogen-bond acceptors (Lipinski definition) is 12. The molecule has 12 N–H and O–H groups in total. The van der Waals surface area contributed by atoms with E-state index in [0.29, 0.717) is 64.8 Å². The molecule has 1 saturated carbocycles. The summed E-state index contributed by atoms with van der Waals surface area (Å²) >= 11 is 0. The first-order valence-corrected chi connectivity index (χ1v) is 32.5. The summed E-state index contributed by atoms with van der Waals surface area (Å²) in [6, 6.07) is 39.6. The van der Waals surface area contributed by atoms with Crippen molar-refractivity contribution in [1.29, 1.82) is 0 Å². The number of carbonyl (C=O) groups is 6. The van der Waals surface area contributed by atoms with Crippen molar-refractivity contribution in [3.8, 4) is 17.1 Å². The van der Waals surface area contributed by atoms with E-state index in [1.54, 1.807) is 28.5 Å². The molecular weight excluding hydrogens is 1240 g/mol. The van der Waals surface area contributed by atoms with E-state index in [2.05, 4.69) is 36.6 Å². The summed E-state index contributed by atoms with van der Waals surface area (Å²) < 4.78 is 31.7. The minimum Gasteiger partial charge on any atom is -0.395 e. The second-order valence-corrected chi connectivity index (χ2v) is 25.8. The van der Waals surface area contributed by atoms with Crippen LogP contribution in [0, 0.1) is 41.5 Å². The molecule has 0 unspecified atom stereocenters. The lowest BCUT2D eigenvalue weighted by molar-refractivity contribution is -0.0384. The predicted octanol–water partition coefficient (Wildman–Crippen LogP) is 11.8. The van der Waals surface area contributed by atoms with E-state index < -0.39 is 23.6 Å². The maximum Gasteiger partial charge on any atom is 0.269 e. The number of primary amides is 3. The highest BCUT2D eigenvalue weighted by atomic mass is 19.3. The summed E-state index contributed by atoms with van der Waals surface area (Å²) in [7, 11) is 5.50. The summed E-state index contributed by atoms with van der Waals surface area (Å²) in [6.07, 6.45) is 0.00759. The van der Waals surface area contributed by atoms with Crippen molar-refractivity contribution < 1.29 is 37.5 Å². The van der Waals surface area contributed by atoms with Crippen LogP contribution < -0.4 is 49.1 Å². The van der Waals surface area contributed by atoms with Gasteiger partial charge in [-0.15, -0.1) is 0 Å². The topological polar surface area (TPSA) is 311 Å². The number of nitrogen functional groups attached to an aromatic ring is 1. The van der Waals surface area contributed by atoms with Crippen molar-refractivity contribution in [1.82, 2.24) is 45.3 Å². The average molecular weight is 1330 g/mol. The van der Waals surface area contributed by atoms with Gasteiger partial charge in [0, 0.05) is 76.2 Å². The average Bonchev–Trinajstić information content (AvgIpc) is 2.24. The lowest BCUT2D eigenvalue weighted by atomic mass is 9.84. The molecule has 1 fully saturated rings. The molecule has 0 atom stereocenters. The van der Waals surface area contributed by atoms with Crippen LogP contribution in [0.15, 0.2) is 127 Å². The zero-order valence-electron chi connectivity index (χ0n) is 58.0. The standard InChI is InChI=1S/C26H29F2N5O2.C25H31N5O2.C24H29N5O2/c1-15-3-4-16(2)20(13-15)25(35)31-14-17-5-7-19(8-6-17)33-23(24(30)34)21(29)22(32-33)18-9-11-26(27,28)12-10-18;1-15(2)21-22(29(5)6)23(24(26)31)30(28-21)19-11-9-18(10-12-19)14-27-25(32)20-13-16(3)7-8-17(20)4;1-14(2)20-21(26-5)22(23(25)30)29(28-20)18-10-8-17(9-11-18)13-27-24(31)19-12-15(3)6-7-16(19)4/h3-8,13,18H,9-12,14,29H2,1-2H3,(H2,30,34)(H,31,35);7-13,15H,14H2,1-6H3,(H2,26,31)(H,27,32);6-12,14,26H,13H2,1-5H3,(H2,25,30)(H,27,31). The van der Waals surface area contributed by atoms with Gasteiger partial charge in [0.15, 0.2) is 17.1 Å². The Labute approximate surface area is 570 Å². The highest BCUT2D eigenvalue weighted by molar-refractivity contribution is 6.00. The van der Waals surface area contributed by atoms with Crippen molar-refractivity contribution in [2.75, 3.05) is 37.1 Å². The molecular formula is C75H89F2N15O6. The molecule has 0 aliphatic heterocycles. The molecule has 3 heterocycles.